The SMILES string of the molecule is Cc1ccc(S(=O)(=O)NCCNC(=O)COc2ccc(S(=O)(=O)Nc3ccc(F)cc3)cc2C)cc1. The Morgan fingerprint density at radius 3 is 2.11 bits per heavy atom. The van der Waals surface area contributed by atoms with Crippen LogP contribution in [0.2, 0.25) is 0 Å². The van der Waals surface area contributed by atoms with E-state index in [0.29, 0.717) is 11.3 Å². The largest absolute Gasteiger partial charge is 0.484 e. The molecule has 0 heterocycles. The topological polar surface area (TPSA) is 131 Å². The van der Waals surface area contributed by atoms with E-state index in [9.17, 15) is 26.0 Å². The van der Waals surface area contributed by atoms with Crippen LogP contribution in [0, 0.1) is 19.7 Å². The van der Waals surface area contributed by atoms with Crippen LogP contribution in [-0.2, 0) is 24.8 Å². The number of aryl methyl sites for hydroxylation is 2. The van der Waals surface area contributed by atoms with E-state index in [4.69, 9.17) is 4.74 Å². The molecule has 0 saturated carbocycles. The third-order valence-corrected chi connectivity index (χ3v) is 7.84. The summed E-state index contributed by atoms with van der Waals surface area (Å²) >= 11 is 0. The average molecular weight is 536 g/mol. The molecule has 3 aromatic carbocycles. The Morgan fingerprint density at radius 1 is 0.833 bits per heavy atom. The van der Waals surface area contributed by atoms with Gasteiger partial charge in [-0.1, -0.05) is 17.7 Å². The zero-order chi connectivity index (χ0) is 26.3. The Morgan fingerprint density at radius 2 is 1.47 bits per heavy atom. The number of anilines is 1. The van der Waals surface area contributed by atoms with Gasteiger partial charge in [0.15, 0.2) is 6.61 Å². The van der Waals surface area contributed by atoms with Crippen molar-refractivity contribution in [3.63, 3.8) is 0 Å². The van der Waals surface area contributed by atoms with Gasteiger partial charge in [-0.2, -0.15) is 0 Å². The first-order chi connectivity index (χ1) is 17.0. The number of halogens is 1. The lowest BCUT2D eigenvalue weighted by atomic mass is 10.2. The lowest BCUT2D eigenvalue weighted by Crippen LogP contribution is -2.36. The highest BCUT2D eigenvalue weighted by atomic mass is 32.2. The summed E-state index contributed by atoms with van der Waals surface area (Å²) < 4.78 is 72.9. The number of nitrogens with one attached hydrogen (secondary N) is 3. The minimum absolute atomic E-state index is 0.00537. The fourth-order valence-electron chi connectivity index (χ4n) is 3.07. The van der Waals surface area contributed by atoms with Crippen molar-refractivity contribution in [2.75, 3.05) is 24.4 Å². The number of sulfonamides is 2. The summed E-state index contributed by atoms with van der Waals surface area (Å²) in [5.74, 6) is -0.646. The molecule has 0 radical (unpaired) electrons. The number of hydrogen-bond acceptors (Lipinski definition) is 6. The fourth-order valence-corrected chi connectivity index (χ4v) is 5.24. The van der Waals surface area contributed by atoms with Crippen LogP contribution < -0.4 is 19.5 Å². The zero-order valence-corrected chi connectivity index (χ0v) is 21.2. The highest BCUT2D eigenvalue weighted by Crippen LogP contribution is 2.23. The van der Waals surface area contributed by atoms with Crippen molar-refractivity contribution < 1.29 is 30.8 Å². The molecule has 0 spiro atoms. The van der Waals surface area contributed by atoms with Crippen LogP contribution in [0.25, 0.3) is 0 Å². The highest BCUT2D eigenvalue weighted by Gasteiger charge is 2.17. The van der Waals surface area contributed by atoms with Crippen molar-refractivity contribution in [2.24, 2.45) is 0 Å². The summed E-state index contributed by atoms with van der Waals surface area (Å²) in [5, 5.41) is 2.55. The van der Waals surface area contributed by atoms with Crippen molar-refractivity contribution in [1.29, 1.82) is 0 Å². The maximum Gasteiger partial charge on any atom is 0.261 e. The van der Waals surface area contributed by atoms with Gasteiger partial charge in [-0.05, 0) is 74.0 Å². The number of amides is 1. The molecule has 1 amide bonds. The summed E-state index contributed by atoms with van der Waals surface area (Å²) in [6.45, 7) is 3.19. The number of carbonyl (C=O) groups is 1. The Bertz CT molecular complexity index is 1430. The molecular formula is C24H26FN3O6S2. The first kappa shape index (κ1) is 27.1. The van der Waals surface area contributed by atoms with Gasteiger partial charge in [0.05, 0.1) is 9.79 Å². The van der Waals surface area contributed by atoms with Crippen LogP contribution in [0.15, 0.2) is 76.5 Å². The molecule has 0 bridgehead atoms. The quantitative estimate of drug-likeness (QED) is 0.324. The standard InChI is InChI=1S/C24H26FN3O6S2/c1-17-3-9-21(10-4-17)35(30,31)27-14-13-26-24(29)16-34-23-12-11-22(15-18(23)2)36(32,33)28-20-7-5-19(25)6-8-20/h3-12,15,27-28H,13-14,16H2,1-2H3,(H,26,29). The van der Waals surface area contributed by atoms with Gasteiger partial charge in [-0.15, -0.1) is 0 Å². The van der Waals surface area contributed by atoms with E-state index in [0.717, 1.165) is 17.7 Å². The van der Waals surface area contributed by atoms with E-state index in [2.05, 4.69) is 14.8 Å². The van der Waals surface area contributed by atoms with Crippen molar-refractivity contribution in [3.05, 3.63) is 83.7 Å². The molecule has 192 valence electrons. The molecule has 0 aliphatic carbocycles. The number of rotatable bonds is 11. The van der Waals surface area contributed by atoms with Gasteiger partial charge in [0.25, 0.3) is 15.9 Å². The normalized spacial score (nSPS) is 11.6. The molecule has 0 saturated heterocycles. The van der Waals surface area contributed by atoms with Gasteiger partial charge in [0.2, 0.25) is 10.0 Å². The molecule has 0 atom stereocenters. The first-order valence-corrected chi connectivity index (χ1v) is 13.8. The second-order valence-corrected chi connectivity index (χ2v) is 11.3. The first-order valence-electron chi connectivity index (χ1n) is 10.8. The van der Waals surface area contributed by atoms with Crippen LogP contribution in [0.3, 0.4) is 0 Å². The summed E-state index contributed by atoms with van der Waals surface area (Å²) in [7, 11) is -7.59. The van der Waals surface area contributed by atoms with Crippen LogP contribution in [0.4, 0.5) is 10.1 Å². The molecular weight excluding hydrogens is 509 g/mol. The second kappa shape index (κ2) is 11.5. The fraction of sp³-hybridized carbons (Fsp3) is 0.208. The van der Waals surface area contributed by atoms with Gasteiger partial charge >= 0.3 is 0 Å². The minimum Gasteiger partial charge on any atom is -0.484 e. The van der Waals surface area contributed by atoms with E-state index in [1.165, 1.54) is 42.5 Å². The van der Waals surface area contributed by atoms with Crippen LogP contribution in [0.1, 0.15) is 11.1 Å². The van der Waals surface area contributed by atoms with Gasteiger partial charge in [0.1, 0.15) is 11.6 Å². The number of benzene rings is 3. The van der Waals surface area contributed by atoms with Gasteiger partial charge in [-0.3, -0.25) is 9.52 Å². The van der Waals surface area contributed by atoms with Crippen LogP contribution in [0.5, 0.6) is 5.75 Å². The zero-order valence-electron chi connectivity index (χ0n) is 19.6. The van der Waals surface area contributed by atoms with E-state index < -0.39 is 31.8 Å². The molecule has 0 unspecified atom stereocenters. The molecule has 3 rings (SSSR count). The average Bonchev–Trinajstić information content (AvgIpc) is 2.82. The Kier molecular flexibility index (Phi) is 8.66. The second-order valence-electron chi connectivity index (χ2n) is 7.89. The van der Waals surface area contributed by atoms with Gasteiger partial charge in [-0.25, -0.2) is 25.9 Å². The lowest BCUT2D eigenvalue weighted by molar-refractivity contribution is -0.123. The van der Waals surface area contributed by atoms with E-state index in [-0.39, 0.29) is 35.2 Å². The predicted molar refractivity (Wildman–Crippen MR) is 133 cm³/mol. The summed E-state index contributed by atoms with van der Waals surface area (Å²) in [5.41, 5.74) is 1.64. The molecule has 0 aliphatic heterocycles. The number of hydrogen-bond donors (Lipinski definition) is 3. The number of carbonyl (C=O) groups excluding carboxylic acids is 1. The monoisotopic (exact) mass is 535 g/mol. The maximum absolute atomic E-state index is 13.0. The molecule has 0 fully saturated rings. The number of ether oxygens (including phenoxy) is 1. The third kappa shape index (κ3) is 7.51. The molecule has 0 aromatic heterocycles. The Labute approximate surface area is 209 Å². The highest BCUT2D eigenvalue weighted by molar-refractivity contribution is 7.92. The Hall–Kier alpha value is -3.48. The van der Waals surface area contributed by atoms with Crippen molar-refractivity contribution in [3.8, 4) is 5.75 Å². The molecule has 0 aliphatic rings. The van der Waals surface area contributed by atoms with E-state index >= 15 is 0 Å². The summed E-state index contributed by atoms with van der Waals surface area (Å²) in [6.07, 6.45) is 0. The third-order valence-electron chi connectivity index (χ3n) is 4.98. The van der Waals surface area contributed by atoms with Gasteiger partial charge < -0.3 is 10.1 Å². The minimum atomic E-state index is -3.91. The van der Waals surface area contributed by atoms with Crippen LogP contribution >= 0.6 is 0 Å². The smallest absolute Gasteiger partial charge is 0.261 e. The predicted octanol–water partition coefficient (Wildman–Crippen LogP) is 2.72. The van der Waals surface area contributed by atoms with Crippen molar-refractivity contribution >= 4 is 31.6 Å². The molecule has 9 nitrogen and oxygen atoms in total. The maximum atomic E-state index is 13.0. The molecule has 36 heavy (non-hydrogen) atoms. The van der Waals surface area contributed by atoms with Crippen LogP contribution in [-0.4, -0.2) is 42.4 Å². The lowest BCUT2D eigenvalue weighted by Gasteiger charge is -2.13. The summed E-state index contributed by atoms with van der Waals surface area (Å²) in [6, 6.07) is 15.4. The Balaban J connectivity index is 1.47. The van der Waals surface area contributed by atoms with E-state index in [1.54, 1.807) is 19.1 Å². The van der Waals surface area contributed by atoms with Crippen molar-refractivity contribution in [1.82, 2.24) is 10.0 Å². The van der Waals surface area contributed by atoms with Crippen molar-refractivity contribution in [2.45, 2.75) is 23.6 Å². The van der Waals surface area contributed by atoms with E-state index in [1.807, 2.05) is 6.92 Å². The summed E-state index contributed by atoms with van der Waals surface area (Å²) in [4.78, 5) is 12.2. The molecule has 12 heteroatoms. The van der Waals surface area contributed by atoms with Gasteiger partial charge in [0, 0.05) is 18.8 Å². The molecule has 3 N–H and O–H groups in total. The molecule has 3 aromatic rings.